The van der Waals surface area contributed by atoms with Gasteiger partial charge in [-0.25, -0.2) is 9.18 Å². The Kier molecular flexibility index (Phi) is 7.75. The number of hydrogen-bond donors (Lipinski definition) is 1. The molecule has 8 heteroatoms. The van der Waals surface area contributed by atoms with E-state index in [9.17, 15) is 18.8 Å². The molecule has 1 aliphatic heterocycles. The average molecular weight is 491 g/mol. The summed E-state index contributed by atoms with van der Waals surface area (Å²) < 4.78 is 24.1. The first-order valence-electron chi connectivity index (χ1n) is 11.7. The van der Waals surface area contributed by atoms with Crippen LogP contribution >= 0.6 is 0 Å². The number of hydrogen-bond acceptors (Lipinski definition) is 5. The molecule has 0 aliphatic carbocycles. The normalized spacial score (nSPS) is 16.9. The molecule has 0 radical (unpaired) electrons. The van der Waals surface area contributed by atoms with E-state index in [1.165, 1.54) is 19.2 Å². The Labute approximate surface area is 208 Å². The van der Waals surface area contributed by atoms with Gasteiger partial charge in [0.25, 0.3) is 5.91 Å². The van der Waals surface area contributed by atoms with Crippen molar-refractivity contribution < 1.29 is 28.2 Å². The highest BCUT2D eigenvalue weighted by Crippen LogP contribution is 2.43. The van der Waals surface area contributed by atoms with Gasteiger partial charge in [0.1, 0.15) is 5.82 Å². The molecule has 7 nitrogen and oxygen atoms in total. The van der Waals surface area contributed by atoms with Gasteiger partial charge in [-0.15, -0.1) is 0 Å². The summed E-state index contributed by atoms with van der Waals surface area (Å²) in [4.78, 5) is 41.5. The van der Waals surface area contributed by atoms with Gasteiger partial charge in [-0.2, -0.15) is 0 Å². The lowest BCUT2D eigenvalue weighted by atomic mass is 9.79. The molecule has 0 fully saturated rings. The van der Waals surface area contributed by atoms with E-state index < -0.39 is 29.7 Å². The van der Waals surface area contributed by atoms with Crippen molar-refractivity contribution in [2.24, 2.45) is 0 Å². The summed E-state index contributed by atoms with van der Waals surface area (Å²) in [7, 11) is 1.53. The molecule has 3 aromatic rings. The lowest BCUT2D eigenvalue weighted by Gasteiger charge is -2.41. The number of para-hydroxylation sites is 1. The van der Waals surface area contributed by atoms with E-state index in [-0.39, 0.29) is 31.2 Å². The van der Waals surface area contributed by atoms with Crippen LogP contribution in [0.15, 0.2) is 72.8 Å². The molecule has 0 saturated carbocycles. The largest absolute Gasteiger partial charge is 0.462 e. The van der Waals surface area contributed by atoms with Crippen molar-refractivity contribution >= 4 is 23.5 Å². The van der Waals surface area contributed by atoms with Gasteiger partial charge in [0, 0.05) is 19.2 Å². The SMILES string of the molecule is CCOC(=O)c1ccccc1NC(=O)[C@@H]1c2ccccc2C(=O)N(CCOC)[C@@H]1c1ccc(F)cc1. The van der Waals surface area contributed by atoms with Crippen molar-refractivity contribution in [1.29, 1.82) is 0 Å². The number of nitrogens with one attached hydrogen (secondary N) is 1. The molecule has 36 heavy (non-hydrogen) atoms. The van der Waals surface area contributed by atoms with Crippen molar-refractivity contribution in [3.8, 4) is 0 Å². The topological polar surface area (TPSA) is 84.9 Å². The number of anilines is 1. The van der Waals surface area contributed by atoms with Gasteiger partial charge in [-0.05, 0) is 48.4 Å². The van der Waals surface area contributed by atoms with E-state index >= 15 is 0 Å². The first-order chi connectivity index (χ1) is 17.5. The maximum atomic E-state index is 13.9. The van der Waals surface area contributed by atoms with Crippen molar-refractivity contribution in [1.82, 2.24) is 4.90 Å². The molecule has 2 amide bonds. The van der Waals surface area contributed by atoms with Crippen LogP contribution in [0.2, 0.25) is 0 Å². The summed E-state index contributed by atoms with van der Waals surface area (Å²) in [5.41, 5.74) is 2.09. The summed E-state index contributed by atoms with van der Waals surface area (Å²) in [5.74, 6) is -2.47. The summed E-state index contributed by atoms with van der Waals surface area (Å²) in [6, 6.07) is 18.6. The van der Waals surface area contributed by atoms with Crippen LogP contribution in [0, 0.1) is 5.82 Å². The van der Waals surface area contributed by atoms with Crippen LogP contribution in [0.5, 0.6) is 0 Å². The molecular formula is C28H27FN2O5. The number of esters is 1. The number of fused-ring (bicyclic) bond motifs is 1. The molecule has 186 valence electrons. The Hall–Kier alpha value is -4.04. The van der Waals surface area contributed by atoms with Crippen LogP contribution in [0.25, 0.3) is 0 Å². The average Bonchev–Trinajstić information content (AvgIpc) is 2.89. The molecular weight excluding hydrogens is 463 g/mol. The number of halogens is 1. The van der Waals surface area contributed by atoms with Crippen LogP contribution in [-0.2, 0) is 14.3 Å². The van der Waals surface area contributed by atoms with E-state index in [2.05, 4.69) is 5.32 Å². The fourth-order valence-electron chi connectivity index (χ4n) is 4.53. The van der Waals surface area contributed by atoms with Gasteiger partial charge in [0.2, 0.25) is 5.91 Å². The molecule has 3 aromatic carbocycles. The number of benzene rings is 3. The quantitative estimate of drug-likeness (QED) is 0.468. The van der Waals surface area contributed by atoms with Gasteiger partial charge in [0.05, 0.1) is 36.4 Å². The van der Waals surface area contributed by atoms with Crippen molar-refractivity contribution in [2.45, 2.75) is 18.9 Å². The van der Waals surface area contributed by atoms with Crippen LogP contribution in [0.1, 0.15) is 50.7 Å². The monoisotopic (exact) mass is 490 g/mol. The second kappa shape index (κ2) is 11.1. The van der Waals surface area contributed by atoms with Gasteiger partial charge >= 0.3 is 5.97 Å². The van der Waals surface area contributed by atoms with Gasteiger partial charge in [-0.3, -0.25) is 9.59 Å². The number of carbonyl (C=O) groups is 3. The number of nitrogens with zero attached hydrogens (tertiary/aromatic N) is 1. The van der Waals surface area contributed by atoms with E-state index in [4.69, 9.17) is 9.47 Å². The Morgan fingerprint density at radius 2 is 1.69 bits per heavy atom. The zero-order chi connectivity index (χ0) is 25.7. The summed E-state index contributed by atoms with van der Waals surface area (Å²) in [6.45, 7) is 2.39. The van der Waals surface area contributed by atoms with E-state index in [0.717, 1.165) is 0 Å². The predicted octanol–water partition coefficient (Wildman–Crippen LogP) is 4.57. The minimum Gasteiger partial charge on any atom is -0.462 e. The molecule has 0 bridgehead atoms. The van der Waals surface area contributed by atoms with Gasteiger partial charge < -0.3 is 19.7 Å². The van der Waals surface area contributed by atoms with Gasteiger partial charge in [0.15, 0.2) is 0 Å². The zero-order valence-corrected chi connectivity index (χ0v) is 20.1. The number of ether oxygens (including phenoxy) is 2. The molecule has 2 atom stereocenters. The summed E-state index contributed by atoms with van der Waals surface area (Å²) >= 11 is 0. The fraction of sp³-hybridized carbons (Fsp3) is 0.250. The molecule has 1 heterocycles. The Morgan fingerprint density at radius 3 is 2.42 bits per heavy atom. The zero-order valence-electron chi connectivity index (χ0n) is 20.1. The van der Waals surface area contributed by atoms with Crippen LogP contribution in [-0.4, -0.2) is 49.6 Å². The smallest absolute Gasteiger partial charge is 0.340 e. The molecule has 1 N–H and O–H groups in total. The fourth-order valence-corrected chi connectivity index (χ4v) is 4.53. The highest BCUT2D eigenvalue weighted by molar-refractivity contribution is 6.07. The first-order valence-corrected chi connectivity index (χ1v) is 11.7. The number of amides is 2. The minimum absolute atomic E-state index is 0.195. The second-order valence-electron chi connectivity index (χ2n) is 8.31. The van der Waals surface area contributed by atoms with Crippen molar-refractivity contribution in [2.75, 3.05) is 32.2 Å². The summed E-state index contributed by atoms with van der Waals surface area (Å²) in [6.07, 6.45) is 0. The maximum Gasteiger partial charge on any atom is 0.340 e. The number of rotatable bonds is 8. The Balaban J connectivity index is 1.81. The van der Waals surface area contributed by atoms with Crippen molar-refractivity contribution in [3.05, 3.63) is 101 Å². The highest BCUT2D eigenvalue weighted by Gasteiger charge is 2.44. The molecule has 4 rings (SSSR count). The third-order valence-electron chi connectivity index (χ3n) is 6.15. The first kappa shape index (κ1) is 25.1. The number of methoxy groups -OCH3 is 1. The van der Waals surface area contributed by atoms with E-state index in [0.29, 0.717) is 22.4 Å². The summed E-state index contributed by atoms with van der Waals surface area (Å²) in [5, 5.41) is 2.88. The van der Waals surface area contributed by atoms with Crippen molar-refractivity contribution in [3.63, 3.8) is 0 Å². The van der Waals surface area contributed by atoms with Crippen LogP contribution in [0.4, 0.5) is 10.1 Å². The van der Waals surface area contributed by atoms with E-state index in [1.807, 2.05) is 0 Å². The lowest BCUT2D eigenvalue weighted by molar-refractivity contribution is -0.119. The molecule has 0 aromatic heterocycles. The third-order valence-corrected chi connectivity index (χ3v) is 6.15. The Bertz CT molecular complexity index is 1260. The van der Waals surface area contributed by atoms with E-state index in [1.54, 1.807) is 72.5 Å². The highest BCUT2D eigenvalue weighted by atomic mass is 19.1. The molecule has 0 spiro atoms. The van der Waals surface area contributed by atoms with Gasteiger partial charge in [-0.1, -0.05) is 42.5 Å². The standard InChI is InChI=1S/C28H27FN2O5/c1-3-36-28(34)22-10-6-7-11-23(22)30-26(32)24-20-8-4-5-9-21(20)27(33)31(16-17-35-2)25(24)18-12-14-19(29)15-13-18/h4-15,24-25H,3,16-17H2,1-2H3,(H,30,32)/t24-,25-/m1/s1. The Morgan fingerprint density at radius 1 is 1.00 bits per heavy atom. The van der Waals surface area contributed by atoms with Crippen LogP contribution < -0.4 is 5.32 Å². The molecule has 1 aliphatic rings. The maximum absolute atomic E-state index is 13.9. The predicted molar refractivity (Wildman–Crippen MR) is 132 cm³/mol. The minimum atomic E-state index is -0.837. The molecule has 0 saturated heterocycles. The lowest BCUT2D eigenvalue weighted by Crippen LogP contribution is -2.47. The third kappa shape index (κ3) is 4.99. The van der Waals surface area contributed by atoms with Crippen LogP contribution in [0.3, 0.4) is 0 Å². The molecule has 0 unspecified atom stereocenters. The second-order valence-corrected chi connectivity index (χ2v) is 8.31. The number of carbonyl (C=O) groups excluding carboxylic acids is 3.